The fourth-order valence-corrected chi connectivity index (χ4v) is 3.20. The van der Waals surface area contributed by atoms with Crippen LogP contribution in [-0.2, 0) is 0 Å². The van der Waals surface area contributed by atoms with Gasteiger partial charge >= 0.3 is 0 Å². The Kier molecular flexibility index (Phi) is 2.15. The average molecular weight is 223 g/mol. The average Bonchev–Trinajstić information content (AvgIpc) is 2.69. The minimum atomic E-state index is 0.536. The summed E-state index contributed by atoms with van der Waals surface area (Å²) in [6.45, 7) is 0.758. The summed E-state index contributed by atoms with van der Waals surface area (Å²) < 4.78 is 0. The Bertz CT molecular complexity index is 374. The number of halogens is 1. The Morgan fingerprint density at radius 3 is 2.87 bits per heavy atom. The zero-order chi connectivity index (χ0) is 10.4. The molecule has 2 heterocycles. The molecular formula is C12H15ClN2. The molecule has 3 fully saturated rings. The molecule has 1 saturated carbocycles. The molecule has 1 aromatic rings. The maximum Gasteiger partial charge on any atom is 0.0445 e. The highest BCUT2D eigenvalue weighted by molar-refractivity contribution is 6.30. The Morgan fingerprint density at radius 1 is 1.40 bits per heavy atom. The standard InChI is InChI=1S/C12H15ClN2/c13-9-2-1-3-10(6-9)15-11-4-8(5-11)12(15)7-14/h1-3,6,8,11-12H,4-5,7,14H2. The molecule has 15 heavy (non-hydrogen) atoms. The first-order valence-corrected chi connectivity index (χ1v) is 5.91. The van der Waals surface area contributed by atoms with Gasteiger partial charge in [-0.3, -0.25) is 0 Å². The molecule has 1 atom stereocenters. The summed E-state index contributed by atoms with van der Waals surface area (Å²) in [5, 5.41) is 0.812. The summed E-state index contributed by atoms with van der Waals surface area (Å²) in [4.78, 5) is 2.47. The molecule has 2 nitrogen and oxygen atoms in total. The van der Waals surface area contributed by atoms with Gasteiger partial charge in [-0.25, -0.2) is 0 Å². The smallest absolute Gasteiger partial charge is 0.0445 e. The van der Waals surface area contributed by atoms with Crippen molar-refractivity contribution in [2.75, 3.05) is 11.4 Å². The quantitative estimate of drug-likeness (QED) is 0.832. The van der Waals surface area contributed by atoms with E-state index in [1.54, 1.807) is 0 Å². The molecule has 2 bridgehead atoms. The fraction of sp³-hybridized carbons (Fsp3) is 0.500. The van der Waals surface area contributed by atoms with Gasteiger partial charge in [-0.15, -0.1) is 0 Å². The highest BCUT2D eigenvalue weighted by Crippen LogP contribution is 2.47. The van der Waals surface area contributed by atoms with E-state index >= 15 is 0 Å². The largest absolute Gasteiger partial charge is 0.364 e. The van der Waals surface area contributed by atoms with Crippen LogP contribution in [0, 0.1) is 5.92 Å². The molecule has 0 aromatic heterocycles. The maximum absolute atomic E-state index is 6.02. The molecule has 1 aromatic carbocycles. The van der Waals surface area contributed by atoms with Gasteiger partial charge in [0.2, 0.25) is 0 Å². The second-order valence-corrected chi connectivity index (χ2v) is 5.01. The van der Waals surface area contributed by atoms with Crippen LogP contribution in [0.5, 0.6) is 0 Å². The lowest BCUT2D eigenvalue weighted by Crippen LogP contribution is -2.36. The molecule has 2 saturated heterocycles. The number of hydrogen-bond donors (Lipinski definition) is 1. The number of hydrogen-bond acceptors (Lipinski definition) is 2. The number of nitrogens with two attached hydrogens (primary N) is 1. The van der Waals surface area contributed by atoms with Gasteiger partial charge in [0.1, 0.15) is 0 Å². The van der Waals surface area contributed by atoms with Crippen LogP contribution in [0.2, 0.25) is 5.02 Å². The van der Waals surface area contributed by atoms with Crippen LogP contribution in [0.3, 0.4) is 0 Å². The number of anilines is 1. The Morgan fingerprint density at radius 2 is 2.20 bits per heavy atom. The fourth-order valence-electron chi connectivity index (χ4n) is 3.01. The van der Waals surface area contributed by atoms with Crippen molar-refractivity contribution in [1.29, 1.82) is 0 Å². The Hall–Kier alpha value is -0.730. The van der Waals surface area contributed by atoms with Crippen LogP contribution in [0.15, 0.2) is 24.3 Å². The summed E-state index contributed by atoms with van der Waals surface area (Å²) in [7, 11) is 0. The Balaban J connectivity index is 1.93. The predicted octanol–water partition coefficient (Wildman–Crippen LogP) is 2.27. The van der Waals surface area contributed by atoms with Gasteiger partial charge in [0.05, 0.1) is 0 Å². The topological polar surface area (TPSA) is 29.3 Å². The highest BCUT2D eigenvalue weighted by Gasteiger charge is 2.49. The van der Waals surface area contributed by atoms with E-state index < -0.39 is 0 Å². The van der Waals surface area contributed by atoms with Gasteiger partial charge < -0.3 is 10.6 Å². The van der Waals surface area contributed by atoms with Crippen molar-refractivity contribution in [2.24, 2.45) is 11.7 Å². The van der Waals surface area contributed by atoms with E-state index in [0.717, 1.165) is 17.5 Å². The third-order valence-electron chi connectivity index (χ3n) is 3.79. The zero-order valence-corrected chi connectivity index (χ0v) is 9.32. The van der Waals surface area contributed by atoms with Crippen molar-refractivity contribution in [2.45, 2.75) is 24.9 Å². The Labute approximate surface area is 95.0 Å². The molecule has 0 amide bonds. The van der Waals surface area contributed by atoms with Crippen molar-refractivity contribution >= 4 is 17.3 Å². The van der Waals surface area contributed by atoms with Crippen molar-refractivity contribution < 1.29 is 0 Å². The number of nitrogens with zero attached hydrogens (tertiary/aromatic N) is 1. The molecule has 1 unspecified atom stereocenters. The summed E-state index contributed by atoms with van der Waals surface area (Å²) >= 11 is 6.02. The second kappa shape index (κ2) is 3.39. The third-order valence-corrected chi connectivity index (χ3v) is 4.03. The molecule has 80 valence electrons. The molecule has 3 aliphatic rings. The van der Waals surface area contributed by atoms with Crippen LogP contribution in [0.1, 0.15) is 12.8 Å². The van der Waals surface area contributed by atoms with E-state index in [-0.39, 0.29) is 0 Å². The molecule has 2 N–H and O–H groups in total. The van der Waals surface area contributed by atoms with E-state index in [0.29, 0.717) is 12.1 Å². The van der Waals surface area contributed by atoms with Crippen LogP contribution in [-0.4, -0.2) is 18.6 Å². The normalized spacial score (nSPS) is 32.9. The molecule has 3 heteroatoms. The van der Waals surface area contributed by atoms with Crippen LogP contribution in [0.4, 0.5) is 5.69 Å². The molecule has 0 spiro atoms. The van der Waals surface area contributed by atoms with Gasteiger partial charge in [0.25, 0.3) is 0 Å². The lowest BCUT2D eigenvalue weighted by Gasteiger charge is -2.28. The van der Waals surface area contributed by atoms with E-state index in [1.807, 2.05) is 18.2 Å². The minimum absolute atomic E-state index is 0.536. The molecule has 4 rings (SSSR count). The highest BCUT2D eigenvalue weighted by atomic mass is 35.5. The summed E-state index contributed by atoms with van der Waals surface area (Å²) in [5.74, 6) is 0.819. The van der Waals surface area contributed by atoms with Crippen molar-refractivity contribution in [1.82, 2.24) is 0 Å². The summed E-state index contributed by atoms with van der Waals surface area (Å²) in [5.41, 5.74) is 7.08. The lowest BCUT2D eigenvalue weighted by atomic mass is 9.83. The van der Waals surface area contributed by atoms with E-state index in [1.165, 1.54) is 18.5 Å². The lowest BCUT2D eigenvalue weighted by molar-refractivity contribution is 0.354. The maximum atomic E-state index is 6.02. The van der Waals surface area contributed by atoms with Crippen LogP contribution in [0.25, 0.3) is 0 Å². The van der Waals surface area contributed by atoms with Crippen LogP contribution >= 0.6 is 11.6 Å². The monoisotopic (exact) mass is 222 g/mol. The van der Waals surface area contributed by atoms with Gasteiger partial charge in [0, 0.05) is 29.3 Å². The molecule has 2 aliphatic heterocycles. The van der Waals surface area contributed by atoms with Crippen molar-refractivity contribution in [3.63, 3.8) is 0 Å². The first kappa shape index (κ1) is 9.49. The number of benzene rings is 1. The molecule has 0 radical (unpaired) electrons. The zero-order valence-electron chi connectivity index (χ0n) is 8.57. The third kappa shape index (κ3) is 1.35. The summed E-state index contributed by atoms with van der Waals surface area (Å²) in [6.07, 6.45) is 2.63. The van der Waals surface area contributed by atoms with Gasteiger partial charge in [-0.05, 0) is 37.0 Å². The van der Waals surface area contributed by atoms with E-state index in [4.69, 9.17) is 17.3 Å². The minimum Gasteiger partial charge on any atom is -0.364 e. The number of fused-ring (bicyclic) bond motifs is 1. The van der Waals surface area contributed by atoms with Gasteiger partial charge in [-0.2, -0.15) is 0 Å². The predicted molar refractivity (Wildman–Crippen MR) is 63.3 cm³/mol. The first-order valence-electron chi connectivity index (χ1n) is 5.53. The first-order chi connectivity index (χ1) is 7.29. The second-order valence-electron chi connectivity index (χ2n) is 4.58. The molecule has 1 aliphatic carbocycles. The van der Waals surface area contributed by atoms with Gasteiger partial charge in [0.15, 0.2) is 0 Å². The SMILES string of the molecule is NCC1C2CC(C2)N1c1cccc(Cl)c1. The van der Waals surface area contributed by atoms with Crippen molar-refractivity contribution in [3.8, 4) is 0 Å². The number of rotatable bonds is 2. The van der Waals surface area contributed by atoms with Gasteiger partial charge in [-0.1, -0.05) is 17.7 Å². The summed E-state index contributed by atoms with van der Waals surface area (Å²) in [6, 6.07) is 9.36. The van der Waals surface area contributed by atoms with E-state index in [2.05, 4.69) is 11.0 Å². The molecular weight excluding hydrogens is 208 g/mol. The van der Waals surface area contributed by atoms with Crippen molar-refractivity contribution in [3.05, 3.63) is 29.3 Å². The van der Waals surface area contributed by atoms with Crippen LogP contribution < -0.4 is 10.6 Å². The van der Waals surface area contributed by atoms with E-state index in [9.17, 15) is 0 Å².